The lowest BCUT2D eigenvalue weighted by Crippen LogP contribution is -2.34. The van der Waals surface area contributed by atoms with Crippen LogP contribution >= 0.6 is 0 Å². The van der Waals surface area contributed by atoms with Crippen molar-refractivity contribution in [2.24, 2.45) is 11.8 Å². The molecule has 2 aromatic carbocycles. The number of hydrogen-bond donors (Lipinski definition) is 1. The van der Waals surface area contributed by atoms with Gasteiger partial charge in [0.05, 0.1) is 29.7 Å². The molecule has 0 aliphatic carbocycles. The predicted octanol–water partition coefficient (Wildman–Crippen LogP) is 2.21. The fraction of sp³-hybridized carbons (Fsp3) is 0.333. The predicted molar refractivity (Wildman–Crippen MR) is 83.0 cm³/mol. The fourth-order valence-electron chi connectivity index (χ4n) is 4.39. The van der Waals surface area contributed by atoms with Gasteiger partial charge in [0.2, 0.25) is 11.8 Å². The van der Waals surface area contributed by atoms with Crippen LogP contribution in [-0.2, 0) is 14.3 Å². The van der Waals surface area contributed by atoms with Gasteiger partial charge in [-0.05, 0) is 36.4 Å². The maximum Gasteiger partial charge on any atom is 0.240 e. The van der Waals surface area contributed by atoms with Gasteiger partial charge < -0.3 is 9.84 Å². The van der Waals surface area contributed by atoms with Gasteiger partial charge in [-0.2, -0.15) is 0 Å². The van der Waals surface area contributed by atoms with Gasteiger partial charge in [0, 0.05) is 5.39 Å². The number of ether oxygens (including phenoxy) is 1. The van der Waals surface area contributed by atoms with Gasteiger partial charge in [0.15, 0.2) is 0 Å². The van der Waals surface area contributed by atoms with Crippen LogP contribution in [0.2, 0.25) is 0 Å². The number of amides is 2. The molecular formula is C18H15NO4. The summed E-state index contributed by atoms with van der Waals surface area (Å²) in [6, 6.07) is 10.5. The molecule has 116 valence electrons. The van der Waals surface area contributed by atoms with E-state index in [2.05, 4.69) is 0 Å². The molecule has 0 spiro atoms. The summed E-state index contributed by atoms with van der Waals surface area (Å²) in [6.07, 6.45) is 1.48. The molecule has 5 nitrogen and oxygen atoms in total. The highest BCUT2D eigenvalue weighted by molar-refractivity contribution is 6.25. The molecular weight excluding hydrogens is 294 g/mol. The van der Waals surface area contributed by atoms with E-state index in [0.29, 0.717) is 11.1 Å². The molecule has 0 unspecified atom stereocenters. The number of anilines is 1. The Bertz CT molecular complexity index is 833. The zero-order chi connectivity index (χ0) is 15.7. The zero-order valence-corrected chi connectivity index (χ0v) is 12.3. The lowest BCUT2D eigenvalue weighted by Gasteiger charge is -2.19. The lowest BCUT2D eigenvalue weighted by atomic mass is 9.81. The van der Waals surface area contributed by atoms with E-state index in [1.807, 2.05) is 12.1 Å². The first-order valence-electron chi connectivity index (χ1n) is 7.90. The Hall–Kier alpha value is -2.40. The number of carbonyl (C=O) groups excluding carboxylic acids is 2. The van der Waals surface area contributed by atoms with E-state index < -0.39 is 0 Å². The number of phenolic OH excluding ortho intramolecular Hbond substituents is 1. The van der Waals surface area contributed by atoms with E-state index in [9.17, 15) is 14.7 Å². The van der Waals surface area contributed by atoms with E-state index >= 15 is 0 Å². The third kappa shape index (κ3) is 1.60. The standard InChI is InChI=1S/C18H15NO4/c20-10-5-4-9-2-1-3-12(11(9)8-10)19-17(21)15-13-6-7-14(23-13)16(15)18(19)22/h1-5,8,13-16,20H,6-7H2/t13-,14+,15-,16+. The minimum Gasteiger partial charge on any atom is -0.508 e. The van der Waals surface area contributed by atoms with Crippen molar-refractivity contribution < 1.29 is 19.4 Å². The van der Waals surface area contributed by atoms with Gasteiger partial charge in [0.1, 0.15) is 5.75 Å². The molecule has 5 rings (SSSR count). The van der Waals surface area contributed by atoms with Gasteiger partial charge in [-0.15, -0.1) is 0 Å². The first-order chi connectivity index (χ1) is 11.1. The summed E-state index contributed by atoms with van der Waals surface area (Å²) < 4.78 is 5.76. The van der Waals surface area contributed by atoms with Crippen molar-refractivity contribution in [2.45, 2.75) is 25.0 Å². The molecule has 0 saturated carbocycles. The Morgan fingerprint density at radius 2 is 1.70 bits per heavy atom. The van der Waals surface area contributed by atoms with Crippen molar-refractivity contribution in [1.29, 1.82) is 0 Å². The van der Waals surface area contributed by atoms with E-state index in [4.69, 9.17) is 4.74 Å². The molecule has 2 amide bonds. The van der Waals surface area contributed by atoms with Crippen LogP contribution in [0.25, 0.3) is 10.8 Å². The number of carbonyl (C=O) groups is 2. The number of aromatic hydroxyl groups is 1. The third-order valence-electron chi connectivity index (χ3n) is 5.37. The average Bonchev–Trinajstić information content (AvgIpc) is 3.21. The third-order valence-corrected chi connectivity index (χ3v) is 5.37. The number of fused-ring (bicyclic) bond motifs is 6. The number of nitrogens with zero attached hydrogens (tertiary/aromatic N) is 1. The smallest absolute Gasteiger partial charge is 0.240 e. The first-order valence-corrected chi connectivity index (χ1v) is 7.90. The van der Waals surface area contributed by atoms with Crippen LogP contribution in [-0.4, -0.2) is 29.1 Å². The molecule has 3 saturated heterocycles. The molecule has 4 atom stereocenters. The molecule has 2 bridgehead atoms. The van der Waals surface area contributed by atoms with Gasteiger partial charge in [0.25, 0.3) is 0 Å². The average molecular weight is 309 g/mol. The summed E-state index contributed by atoms with van der Waals surface area (Å²) >= 11 is 0. The van der Waals surface area contributed by atoms with Gasteiger partial charge in [-0.25, -0.2) is 4.90 Å². The second kappa shape index (κ2) is 4.32. The molecule has 0 aromatic heterocycles. The highest BCUT2D eigenvalue weighted by atomic mass is 16.5. The van der Waals surface area contributed by atoms with E-state index in [1.165, 1.54) is 4.90 Å². The van der Waals surface area contributed by atoms with E-state index in [0.717, 1.165) is 18.2 Å². The van der Waals surface area contributed by atoms with Crippen LogP contribution in [0.15, 0.2) is 36.4 Å². The molecule has 2 aromatic rings. The maximum atomic E-state index is 12.9. The Morgan fingerprint density at radius 3 is 2.39 bits per heavy atom. The van der Waals surface area contributed by atoms with Crippen LogP contribution in [0, 0.1) is 11.8 Å². The largest absolute Gasteiger partial charge is 0.508 e. The van der Waals surface area contributed by atoms with Crippen molar-refractivity contribution >= 4 is 28.3 Å². The van der Waals surface area contributed by atoms with Crippen LogP contribution < -0.4 is 4.90 Å². The minimum atomic E-state index is -0.339. The van der Waals surface area contributed by atoms with Crippen LogP contribution in [0.1, 0.15) is 12.8 Å². The molecule has 5 heteroatoms. The Balaban J connectivity index is 1.67. The summed E-state index contributed by atoms with van der Waals surface area (Å²) in [5.74, 6) is -0.888. The topological polar surface area (TPSA) is 66.8 Å². The highest BCUT2D eigenvalue weighted by Crippen LogP contribution is 2.50. The second-order valence-electron chi connectivity index (χ2n) is 6.54. The monoisotopic (exact) mass is 309 g/mol. The van der Waals surface area contributed by atoms with Crippen molar-refractivity contribution in [3.05, 3.63) is 36.4 Å². The SMILES string of the molecule is O=C1[C@@H]2[C@H](C(=O)N1c1cccc3ccc(O)cc13)[C@H]1CC[C@@H]2O1. The first kappa shape index (κ1) is 13.1. The number of imide groups is 1. The van der Waals surface area contributed by atoms with E-state index in [1.54, 1.807) is 24.3 Å². The highest BCUT2D eigenvalue weighted by Gasteiger charge is 2.62. The summed E-state index contributed by atoms with van der Waals surface area (Å²) in [7, 11) is 0. The van der Waals surface area contributed by atoms with Crippen LogP contribution in [0.5, 0.6) is 5.75 Å². The van der Waals surface area contributed by atoms with E-state index in [-0.39, 0.29) is 41.6 Å². The maximum absolute atomic E-state index is 12.9. The van der Waals surface area contributed by atoms with Crippen molar-refractivity contribution in [3.63, 3.8) is 0 Å². The number of rotatable bonds is 1. The molecule has 1 N–H and O–H groups in total. The summed E-state index contributed by atoms with van der Waals surface area (Å²) in [5, 5.41) is 11.4. The molecule has 23 heavy (non-hydrogen) atoms. The Labute approximate surface area is 132 Å². The quantitative estimate of drug-likeness (QED) is 0.820. The molecule has 3 aliphatic rings. The minimum absolute atomic E-state index is 0.116. The van der Waals surface area contributed by atoms with Gasteiger partial charge >= 0.3 is 0 Å². The number of hydrogen-bond acceptors (Lipinski definition) is 4. The van der Waals surface area contributed by atoms with Gasteiger partial charge in [-0.3, -0.25) is 9.59 Å². The summed E-state index contributed by atoms with van der Waals surface area (Å²) in [5.41, 5.74) is 0.558. The summed E-state index contributed by atoms with van der Waals surface area (Å²) in [4.78, 5) is 27.1. The van der Waals surface area contributed by atoms with Crippen LogP contribution in [0.3, 0.4) is 0 Å². The number of phenols is 1. The fourth-order valence-corrected chi connectivity index (χ4v) is 4.39. The molecule has 0 radical (unpaired) electrons. The second-order valence-corrected chi connectivity index (χ2v) is 6.54. The summed E-state index contributed by atoms with van der Waals surface area (Å²) in [6.45, 7) is 0. The Morgan fingerprint density at radius 1 is 1.00 bits per heavy atom. The van der Waals surface area contributed by atoms with Crippen molar-refractivity contribution in [1.82, 2.24) is 0 Å². The van der Waals surface area contributed by atoms with Crippen molar-refractivity contribution in [2.75, 3.05) is 4.90 Å². The van der Waals surface area contributed by atoms with Crippen molar-refractivity contribution in [3.8, 4) is 5.75 Å². The van der Waals surface area contributed by atoms with Crippen LogP contribution in [0.4, 0.5) is 5.69 Å². The molecule has 3 fully saturated rings. The Kier molecular flexibility index (Phi) is 2.46. The normalized spacial score (nSPS) is 32.1. The van der Waals surface area contributed by atoms with Gasteiger partial charge in [-0.1, -0.05) is 18.2 Å². The zero-order valence-electron chi connectivity index (χ0n) is 12.3. The lowest BCUT2D eigenvalue weighted by molar-refractivity contribution is -0.124. The molecule has 3 heterocycles. The molecule has 3 aliphatic heterocycles. The number of benzene rings is 2.